The van der Waals surface area contributed by atoms with Crippen molar-refractivity contribution in [2.45, 2.75) is 18.8 Å². The molecule has 3 aromatic heterocycles. The zero-order chi connectivity index (χ0) is 20.5. The summed E-state index contributed by atoms with van der Waals surface area (Å²) < 4.78 is 1.19. The molecule has 0 saturated heterocycles. The van der Waals surface area contributed by atoms with Crippen LogP contribution >= 0.6 is 11.3 Å². The number of rotatable bonds is 5. The molecule has 0 fully saturated rings. The third-order valence-corrected chi connectivity index (χ3v) is 6.28. The van der Waals surface area contributed by atoms with E-state index in [0.29, 0.717) is 5.82 Å². The van der Waals surface area contributed by atoms with Crippen LogP contribution in [0.4, 0.5) is 5.82 Å². The first-order valence-corrected chi connectivity index (χ1v) is 10.6. The molecule has 0 aliphatic rings. The van der Waals surface area contributed by atoms with Crippen LogP contribution in [0.2, 0.25) is 0 Å². The van der Waals surface area contributed by atoms with Gasteiger partial charge in [0.25, 0.3) is 0 Å². The highest BCUT2D eigenvalue weighted by atomic mass is 32.1. The fourth-order valence-corrected chi connectivity index (χ4v) is 4.67. The smallest absolute Gasteiger partial charge is 0.127 e. The number of thiazole rings is 1. The first-order chi connectivity index (χ1) is 14.7. The van der Waals surface area contributed by atoms with Gasteiger partial charge in [-0.25, -0.2) is 15.0 Å². The number of fused-ring (bicyclic) bond motifs is 1. The number of aromatic nitrogens is 5. The average molecular weight is 413 g/mol. The van der Waals surface area contributed by atoms with Gasteiger partial charge >= 0.3 is 0 Å². The molecule has 1 unspecified atom stereocenters. The number of aromatic amines is 1. The zero-order valence-electron chi connectivity index (χ0n) is 16.4. The van der Waals surface area contributed by atoms with E-state index in [4.69, 9.17) is 5.73 Å². The van der Waals surface area contributed by atoms with Crippen LogP contribution in [-0.2, 0) is 0 Å². The molecule has 0 spiro atoms. The maximum Gasteiger partial charge on any atom is 0.127 e. The molecule has 6 nitrogen and oxygen atoms in total. The van der Waals surface area contributed by atoms with Crippen LogP contribution in [0.15, 0.2) is 72.8 Å². The van der Waals surface area contributed by atoms with Crippen molar-refractivity contribution in [2.75, 3.05) is 5.73 Å². The topological polar surface area (TPSA) is 93.4 Å². The van der Waals surface area contributed by atoms with E-state index >= 15 is 0 Å². The quantitative estimate of drug-likeness (QED) is 0.424. The number of benzene rings is 2. The van der Waals surface area contributed by atoms with Gasteiger partial charge in [-0.3, -0.25) is 5.10 Å². The number of H-pyrrole nitrogens is 1. The van der Waals surface area contributed by atoms with Crippen LogP contribution in [0.5, 0.6) is 0 Å². The Bertz CT molecular complexity index is 1290. The van der Waals surface area contributed by atoms with Crippen molar-refractivity contribution in [1.82, 2.24) is 25.1 Å². The Morgan fingerprint density at radius 3 is 2.73 bits per heavy atom. The molecule has 0 aliphatic heterocycles. The van der Waals surface area contributed by atoms with Crippen LogP contribution in [0.3, 0.4) is 0 Å². The van der Waals surface area contributed by atoms with E-state index in [1.165, 1.54) is 22.2 Å². The van der Waals surface area contributed by atoms with Gasteiger partial charge in [-0.15, -0.1) is 11.3 Å². The fourth-order valence-electron chi connectivity index (χ4n) is 3.94. The number of hydrogen-bond donors (Lipinski definition) is 2. The number of nitrogens with one attached hydrogen (secondary N) is 1. The molecule has 30 heavy (non-hydrogen) atoms. The molecule has 0 amide bonds. The summed E-state index contributed by atoms with van der Waals surface area (Å²) in [6.07, 6.45) is 5.27. The number of hydrogen-bond acceptors (Lipinski definition) is 6. The average Bonchev–Trinajstić information content (AvgIpc) is 3.46. The molecule has 148 valence electrons. The van der Waals surface area contributed by atoms with E-state index in [0.717, 1.165) is 22.3 Å². The van der Waals surface area contributed by atoms with Crippen LogP contribution in [-0.4, -0.2) is 25.1 Å². The van der Waals surface area contributed by atoms with Gasteiger partial charge in [0.05, 0.1) is 27.6 Å². The molecule has 0 saturated carbocycles. The summed E-state index contributed by atoms with van der Waals surface area (Å²) in [7, 11) is 0. The molecule has 3 N–H and O–H groups in total. The lowest BCUT2D eigenvalue weighted by molar-refractivity contribution is 0.640. The predicted octanol–water partition coefficient (Wildman–Crippen LogP) is 4.99. The van der Waals surface area contributed by atoms with Gasteiger partial charge in [0.15, 0.2) is 0 Å². The minimum absolute atomic E-state index is 0.0209. The minimum Gasteiger partial charge on any atom is -0.384 e. The Morgan fingerprint density at radius 1 is 0.967 bits per heavy atom. The molecule has 7 heteroatoms. The number of nitrogens with two attached hydrogens (primary N) is 1. The normalized spacial score (nSPS) is 13.4. The Hall–Kier alpha value is -3.58. The maximum absolute atomic E-state index is 6.01. The second-order valence-corrected chi connectivity index (χ2v) is 8.21. The third kappa shape index (κ3) is 3.44. The maximum atomic E-state index is 6.01. The Morgan fingerprint density at radius 2 is 1.90 bits per heavy atom. The molecule has 3 heterocycles. The third-order valence-electron chi connectivity index (χ3n) is 5.49. The van der Waals surface area contributed by atoms with Gasteiger partial charge in [-0.1, -0.05) is 37.3 Å². The highest BCUT2D eigenvalue weighted by Gasteiger charge is 2.25. The Balaban J connectivity index is 1.63. The lowest BCUT2D eigenvalue weighted by atomic mass is 9.79. The molecule has 0 bridgehead atoms. The molecule has 2 atom stereocenters. The second kappa shape index (κ2) is 7.68. The van der Waals surface area contributed by atoms with Crippen LogP contribution in [0, 0.1) is 0 Å². The summed E-state index contributed by atoms with van der Waals surface area (Å²) in [6.45, 7) is 2.23. The first kappa shape index (κ1) is 18.4. The van der Waals surface area contributed by atoms with E-state index < -0.39 is 0 Å². The summed E-state index contributed by atoms with van der Waals surface area (Å²) in [4.78, 5) is 13.1. The van der Waals surface area contributed by atoms with Crippen molar-refractivity contribution in [2.24, 2.45) is 0 Å². The van der Waals surface area contributed by atoms with Gasteiger partial charge < -0.3 is 5.73 Å². The SMILES string of the molecule is CC(c1ccc2ncsc2c1)[C@@H](c1cccc(-c2cn[nH]c2)c1)c1cc(N)ncn1. The van der Waals surface area contributed by atoms with E-state index in [2.05, 4.69) is 74.5 Å². The van der Waals surface area contributed by atoms with Crippen LogP contribution in [0.1, 0.15) is 35.6 Å². The van der Waals surface area contributed by atoms with Crippen LogP contribution < -0.4 is 5.73 Å². The molecule has 2 aromatic carbocycles. The van der Waals surface area contributed by atoms with Gasteiger partial charge in [0.2, 0.25) is 0 Å². The molecule has 0 aliphatic carbocycles. The number of nitrogens with zero attached hydrogens (tertiary/aromatic N) is 4. The lowest BCUT2D eigenvalue weighted by Crippen LogP contribution is -2.13. The van der Waals surface area contributed by atoms with Gasteiger partial charge in [-0.05, 0) is 34.7 Å². The zero-order valence-corrected chi connectivity index (χ0v) is 17.2. The molecular formula is C23H20N6S. The van der Waals surface area contributed by atoms with Crippen molar-refractivity contribution in [1.29, 1.82) is 0 Å². The van der Waals surface area contributed by atoms with Crippen molar-refractivity contribution >= 4 is 27.4 Å². The van der Waals surface area contributed by atoms with E-state index in [9.17, 15) is 0 Å². The predicted molar refractivity (Wildman–Crippen MR) is 120 cm³/mol. The molecular weight excluding hydrogens is 392 g/mol. The highest BCUT2D eigenvalue weighted by Crippen LogP contribution is 2.39. The molecule has 5 aromatic rings. The van der Waals surface area contributed by atoms with Crippen LogP contribution in [0.25, 0.3) is 21.3 Å². The highest BCUT2D eigenvalue weighted by molar-refractivity contribution is 7.16. The minimum atomic E-state index is 0.0209. The Kier molecular flexibility index (Phi) is 4.72. The van der Waals surface area contributed by atoms with Crippen molar-refractivity contribution < 1.29 is 0 Å². The lowest BCUT2D eigenvalue weighted by Gasteiger charge is -2.25. The van der Waals surface area contributed by atoms with Crippen molar-refractivity contribution in [3.8, 4) is 11.1 Å². The van der Waals surface area contributed by atoms with Gasteiger partial charge in [-0.2, -0.15) is 5.10 Å². The monoisotopic (exact) mass is 412 g/mol. The summed E-state index contributed by atoms with van der Waals surface area (Å²) in [5.74, 6) is 0.666. The summed E-state index contributed by atoms with van der Waals surface area (Å²) >= 11 is 1.66. The fraction of sp³-hybridized carbons (Fsp3) is 0.130. The summed E-state index contributed by atoms with van der Waals surface area (Å²) in [6, 6.07) is 16.9. The second-order valence-electron chi connectivity index (χ2n) is 7.33. The van der Waals surface area contributed by atoms with E-state index in [1.807, 2.05) is 24.0 Å². The standard InChI is InChI=1S/C23H20N6S/c1-14(15-5-6-19-21(8-15)30-13-27-19)23(20-9-22(24)26-12-25-20)17-4-2-3-16(7-17)18-10-28-29-11-18/h2-14,23H,1H3,(H,28,29)(H2,24,25,26)/t14?,23-/m0/s1. The number of anilines is 1. The largest absolute Gasteiger partial charge is 0.384 e. The van der Waals surface area contributed by atoms with Crippen molar-refractivity contribution in [3.05, 3.63) is 89.6 Å². The van der Waals surface area contributed by atoms with E-state index in [1.54, 1.807) is 11.3 Å². The van der Waals surface area contributed by atoms with E-state index in [-0.39, 0.29) is 11.8 Å². The Labute approximate surface area is 177 Å². The summed E-state index contributed by atoms with van der Waals surface area (Å²) in [5.41, 5.74) is 14.4. The van der Waals surface area contributed by atoms with Gasteiger partial charge in [0.1, 0.15) is 12.1 Å². The summed E-state index contributed by atoms with van der Waals surface area (Å²) in [5, 5.41) is 6.97. The van der Waals surface area contributed by atoms with Gasteiger partial charge in [0, 0.05) is 23.7 Å². The molecule has 0 radical (unpaired) electrons. The number of nitrogen functional groups attached to an aromatic ring is 1. The molecule has 5 rings (SSSR count). The first-order valence-electron chi connectivity index (χ1n) is 9.69. The van der Waals surface area contributed by atoms with Crippen molar-refractivity contribution in [3.63, 3.8) is 0 Å².